The Morgan fingerprint density at radius 3 is 2.55 bits per heavy atom. The molecule has 2 unspecified atom stereocenters. The Hall–Kier alpha value is -0.0400. The van der Waals surface area contributed by atoms with Crippen molar-refractivity contribution in [3.8, 4) is 0 Å². The fourth-order valence-corrected chi connectivity index (χ4v) is 1.99. The van der Waals surface area contributed by atoms with Crippen LogP contribution in [0.4, 0.5) is 0 Å². The lowest BCUT2D eigenvalue weighted by atomic mass is 9.80. The van der Waals surface area contributed by atoms with E-state index in [1.165, 1.54) is 19.4 Å². The van der Waals surface area contributed by atoms with Gasteiger partial charge in [0.1, 0.15) is 0 Å². The van der Waals surface area contributed by atoms with Gasteiger partial charge in [-0.2, -0.15) is 0 Å². The van der Waals surface area contributed by atoms with Crippen LogP contribution >= 0.6 is 0 Å². The van der Waals surface area contributed by atoms with Crippen molar-refractivity contribution in [1.82, 2.24) is 5.32 Å². The van der Waals surface area contributed by atoms with Gasteiger partial charge in [-0.15, -0.1) is 0 Å². The summed E-state index contributed by atoms with van der Waals surface area (Å²) in [6.07, 6.45) is 2.68. The van der Waals surface area contributed by atoms with Crippen LogP contribution in [0.2, 0.25) is 0 Å². The first kappa shape index (κ1) is 9.05. The molecule has 1 N–H and O–H groups in total. The summed E-state index contributed by atoms with van der Waals surface area (Å²) >= 11 is 0. The summed E-state index contributed by atoms with van der Waals surface area (Å²) in [5.41, 5.74) is 0.553. The number of rotatable bonds is 0. The molecule has 0 radical (unpaired) electrons. The summed E-state index contributed by atoms with van der Waals surface area (Å²) in [5, 5.41) is 3.55. The maximum Gasteiger partial charge on any atom is 0.00645 e. The summed E-state index contributed by atoms with van der Waals surface area (Å²) in [7, 11) is 0. The van der Waals surface area contributed by atoms with Gasteiger partial charge in [-0.25, -0.2) is 0 Å². The third-order valence-electron chi connectivity index (χ3n) is 3.00. The highest BCUT2D eigenvalue weighted by Crippen LogP contribution is 2.32. The zero-order valence-corrected chi connectivity index (χ0v) is 8.28. The van der Waals surface area contributed by atoms with Gasteiger partial charge in [-0.1, -0.05) is 20.8 Å². The molecule has 0 aliphatic carbocycles. The van der Waals surface area contributed by atoms with Crippen molar-refractivity contribution < 1.29 is 0 Å². The molecule has 66 valence electrons. The average molecular weight is 155 g/mol. The van der Waals surface area contributed by atoms with Crippen molar-refractivity contribution in [2.75, 3.05) is 6.54 Å². The first-order valence-corrected chi connectivity index (χ1v) is 4.75. The monoisotopic (exact) mass is 155 g/mol. The lowest BCUT2D eigenvalue weighted by Crippen LogP contribution is -2.30. The molecular weight excluding hydrogens is 134 g/mol. The van der Waals surface area contributed by atoms with Gasteiger partial charge in [-0.3, -0.25) is 0 Å². The molecule has 1 heterocycles. The third kappa shape index (κ3) is 2.48. The van der Waals surface area contributed by atoms with Gasteiger partial charge in [0.2, 0.25) is 0 Å². The van der Waals surface area contributed by atoms with E-state index in [0.717, 1.165) is 5.92 Å². The van der Waals surface area contributed by atoms with Crippen molar-refractivity contribution in [1.29, 1.82) is 0 Å². The first-order valence-electron chi connectivity index (χ1n) is 4.75. The topological polar surface area (TPSA) is 12.0 Å². The molecule has 0 spiro atoms. The molecule has 0 amide bonds. The van der Waals surface area contributed by atoms with Gasteiger partial charge in [-0.05, 0) is 37.6 Å². The zero-order chi connectivity index (χ0) is 8.48. The highest BCUT2D eigenvalue weighted by Gasteiger charge is 2.26. The molecule has 1 heteroatoms. The standard InChI is InChI=1S/C10H21N/c1-8-7-10(3,4)5-6-11-9(8)2/h8-9,11H,5-7H2,1-4H3. The van der Waals surface area contributed by atoms with Gasteiger partial charge in [0.05, 0.1) is 0 Å². The highest BCUT2D eigenvalue weighted by atomic mass is 14.9. The molecule has 1 aliphatic heterocycles. The van der Waals surface area contributed by atoms with E-state index in [1.807, 2.05) is 0 Å². The second-order valence-electron chi connectivity index (χ2n) is 4.84. The predicted molar refractivity (Wildman–Crippen MR) is 49.6 cm³/mol. The third-order valence-corrected chi connectivity index (χ3v) is 3.00. The van der Waals surface area contributed by atoms with Gasteiger partial charge < -0.3 is 5.32 Å². The van der Waals surface area contributed by atoms with Crippen molar-refractivity contribution >= 4 is 0 Å². The van der Waals surface area contributed by atoms with E-state index in [4.69, 9.17) is 0 Å². The lowest BCUT2D eigenvalue weighted by molar-refractivity contribution is 0.273. The molecule has 0 aromatic heterocycles. The fraction of sp³-hybridized carbons (Fsp3) is 1.00. The SMILES string of the molecule is CC1CC(C)(C)CCNC1C. The van der Waals surface area contributed by atoms with E-state index in [9.17, 15) is 0 Å². The molecule has 0 bridgehead atoms. The van der Waals surface area contributed by atoms with Crippen LogP contribution in [0.3, 0.4) is 0 Å². The molecule has 0 aromatic carbocycles. The molecular formula is C10H21N. The van der Waals surface area contributed by atoms with Gasteiger partial charge in [0, 0.05) is 6.04 Å². The maximum absolute atomic E-state index is 3.55. The maximum atomic E-state index is 3.55. The minimum absolute atomic E-state index is 0.553. The van der Waals surface area contributed by atoms with Gasteiger partial charge in [0.15, 0.2) is 0 Å². The van der Waals surface area contributed by atoms with Crippen LogP contribution in [0.25, 0.3) is 0 Å². The van der Waals surface area contributed by atoms with Crippen LogP contribution < -0.4 is 5.32 Å². The fourth-order valence-electron chi connectivity index (χ4n) is 1.99. The second-order valence-corrected chi connectivity index (χ2v) is 4.84. The van der Waals surface area contributed by atoms with E-state index in [1.54, 1.807) is 0 Å². The number of hydrogen-bond acceptors (Lipinski definition) is 1. The Balaban J connectivity index is 2.55. The molecule has 0 saturated carbocycles. The lowest BCUT2D eigenvalue weighted by Gasteiger charge is -2.25. The van der Waals surface area contributed by atoms with Crippen LogP contribution in [-0.4, -0.2) is 12.6 Å². The normalized spacial score (nSPS) is 38.2. The Morgan fingerprint density at radius 2 is 1.91 bits per heavy atom. The van der Waals surface area contributed by atoms with Gasteiger partial charge in [0.25, 0.3) is 0 Å². The minimum atomic E-state index is 0.553. The Morgan fingerprint density at radius 1 is 1.27 bits per heavy atom. The van der Waals surface area contributed by atoms with E-state index in [2.05, 4.69) is 33.0 Å². The largest absolute Gasteiger partial charge is 0.314 e. The zero-order valence-electron chi connectivity index (χ0n) is 8.28. The van der Waals surface area contributed by atoms with Crippen LogP contribution in [0.1, 0.15) is 40.5 Å². The summed E-state index contributed by atoms with van der Waals surface area (Å²) < 4.78 is 0. The predicted octanol–water partition coefficient (Wildman–Crippen LogP) is 2.42. The van der Waals surface area contributed by atoms with Crippen molar-refractivity contribution in [2.45, 2.75) is 46.6 Å². The molecule has 11 heavy (non-hydrogen) atoms. The average Bonchev–Trinajstić information content (AvgIpc) is 1.93. The minimum Gasteiger partial charge on any atom is -0.314 e. The molecule has 1 rings (SSSR count). The summed E-state index contributed by atoms with van der Waals surface area (Å²) in [5.74, 6) is 0.826. The van der Waals surface area contributed by atoms with Crippen molar-refractivity contribution in [3.63, 3.8) is 0 Å². The summed E-state index contributed by atoms with van der Waals surface area (Å²) in [4.78, 5) is 0. The van der Waals surface area contributed by atoms with E-state index in [-0.39, 0.29) is 0 Å². The Kier molecular flexibility index (Phi) is 2.58. The molecule has 1 fully saturated rings. The molecule has 1 aliphatic rings. The molecule has 0 aromatic rings. The number of nitrogens with one attached hydrogen (secondary N) is 1. The Bertz CT molecular complexity index is 129. The summed E-state index contributed by atoms with van der Waals surface area (Å²) in [6, 6.07) is 0.705. The molecule has 2 atom stereocenters. The molecule has 1 nitrogen and oxygen atoms in total. The van der Waals surface area contributed by atoms with Crippen molar-refractivity contribution in [3.05, 3.63) is 0 Å². The smallest absolute Gasteiger partial charge is 0.00645 e. The van der Waals surface area contributed by atoms with Crippen LogP contribution in [0.15, 0.2) is 0 Å². The number of hydrogen-bond donors (Lipinski definition) is 1. The van der Waals surface area contributed by atoms with E-state index < -0.39 is 0 Å². The first-order chi connectivity index (χ1) is 5.01. The van der Waals surface area contributed by atoms with Crippen LogP contribution in [0, 0.1) is 11.3 Å². The van der Waals surface area contributed by atoms with E-state index in [0.29, 0.717) is 11.5 Å². The van der Waals surface area contributed by atoms with Crippen LogP contribution in [-0.2, 0) is 0 Å². The van der Waals surface area contributed by atoms with Crippen molar-refractivity contribution in [2.24, 2.45) is 11.3 Å². The summed E-state index contributed by atoms with van der Waals surface area (Å²) in [6.45, 7) is 10.6. The second kappa shape index (κ2) is 3.14. The highest BCUT2D eigenvalue weighted by molar-refractivity contribution is 4.81. The van der Waals surface area contributed by atoms with Crippen LogP contribution in [0.5, 0.6) is 0 Å². The molecule has 1 saturated heterocycles. The Labute approximate surface area is 70.6 Å². The quantitative estimate of drug-likeness (QED) is 0.566. The van der Waals surface area contributed by atoms with E-state index >= 15 is 0 Å². The van der Waals surface area contributed by atoms with Gasteiger partial charge >= 0.3 is 0 Å².